The Morgan fingerprint density at radius 3 is 3.10 bits per heavy atom. The van der Waals surface area contributed by atoms with Gasteiger partial charge in [-0.05, 0) is 44.6 Å². The number of aromatic amines is 1. The van der Waals surface area contributed by atoms with Crippen LogP contribution in [0.5, 0.6) is 6.01 Å². The number of imidazole rings is 1. The second kappa shape index (κ2) is 7.74. The molecule has 0 spiro atoms. The molecule has 4 atom stereocenters. The van der Waals surface area contributed by atoms with Gasteiger partial charge in [-0.15, -0.1) is 0 Å². The van der Waals surface area contributed by atoms with E-state index in [2.05, 4.69) is 63.9 Å². The zero-order valence-electron chi connectivity index (χ0n) is 15.6. The summed E-state index contributed by atoms with van der Waals surface area (Å²) in [6.45, 7) is 0.957. The summed E-state index contributed by atoms with van der Waals surface area (Å²) >= 11 is 12.0. The van der Waals surface area contributed by atoms with E-state index >= 15 is 0 Å². The molecular weight excluding hydrogens is 594 g/mol. The number of ether oxygens (including phenoxy) is 3. The van der Waals surface area contributed by atoms with Crippen LogP contribution in [0.25, 0.3) is 11.2 Å². The number of aliphatic hydroxyl groups is 1. The summed E-state index contributed by atoms with van der Waals surface area (Å²) in [6.07, 6.45) is 0.355. The molecule has 3 aromatic rings. The normalized spacial score (nSPS) is 28.2. The SMILES string of the molecule is Cn1cc(Br)c(CNc2nc3nc(O[C@@H]4CO[C@@H]5[C@H](O)CO[C@@]54I)[nH]c3cc2Cl)n1. The number of hydrogen-bond donors (Lipinski definition) is 3. The van der Waals surface area contributed by atoms with Gasteiger partial charge in [0.25, 0.3) is 6.01 Å². The first-order valence-electron chi connectivity index (χ1n) is 9.11. The van der Waals surface area contributed by atoms with Gasteiger partial charge >= 0.3 is 0 Å². The van der Waals surface area contributed by atoms with Gasteiger partial charge in [-0.25, -0.2) is 4.98 Å². The number of H-pyrrole nitrogens is 1. The fraction of sp³-hybridized carbons (Fsp3) is 0.471. The molecule has 0 saturated carbocycles. The van der Waals surface area contributed by atoms with E-state index in [1.54, 1.807) is 10.7 Å². The van der Waals surface area contributed by atoms with Crippen LogP contribution in [-0.4, -0.2) is 65.0 Å². The summed E-state index contributed by atoms with van der Waals surface area (Å²) in [5, 5.41) is 18.0. The number of fused-ring (bicyclic) bond motifs is 2. The van der Waals surface area contributed by atoms with Gasteiger partial charge in [0.05, 0.1) is 40.5 Å². The Morgan fingerprint density at radius 2 is 2.33 bits per heavy atom. The van der Waals surface area contributed by atoms with Crippen molar-refractivity contribution in [3.8, 4) is 6.01 Å². The minimum atomic E-state index is -0.760. The monoisotopic (exact) mass is 610 g/mol. The number of nitrogens with zero attached hydrogens (tertiary/aromatic N) is 4. The number of hydrogen-bond acceptors (Lipinski definition) is 8. The summed E-state index contributed by atoms with van der Waals surface area (Å²) in [6, 6.07) is 2.02. The van der Waals surface area contributed by atoms with Crippen LogP contribution in [0.4, 0.5) is 5.82 Å². The summed E-state index contributed by atoms with van der Waals surface area (Å²) in [7, 11) is 1.85. The molecule has 2 fully saturated rings. The van der Waals surface area contributed by atoms with E-state index in [-0.39, 0.29) is 12.6 Å². The molecule has 13 heteroatoms. The lowest BCUT2D eigenvalue weighted by atomic mass is 10.1. The number of aliphatic hydroxyl groups excluding tert-OH is 1. The zero-order chi connectivity index (χ0) is 21.0. The number of halogens is 3. The van der Waals surface area contributed by atoms with E-state index in [4.69, 9.17) is 25.8 Å². The van der Waals surface area contributed by atoms with E-state index < -0.39 is 21.9 Å². The highest BCUT2D eigenvalue weighted by Crippen LogP contribution is 2.44. The van der Waals surface area contributed by atoms with Gasteiger partial charge in [-0.2, -0.15) is 10.1 Å². The quantitative estimate of drug-likeness (QED) is 0.298. The van der Waals surface area contributed by atoms with Gasteiger partial charge in [0, 0.05) is 13.2 Å². The van der Waals surface area contributed by atoms with Crippen molar-refractivity contribution in [2.45, 2.75) is 28.5 Å². The lowest BCUT2D eigenvalue weighted by Crippen LogP contribution is -2.44. The predicted octanol–water partition coefficient (Wildman–Crippen LogP) is 2.39. The van der Waals surface area contributed by atoms with E-state index in [0.29, 0.717) is 35.2 Å². The van der Waals surface area contributed by atoms with Crippen LogP contribution in [0.2, 0.25) is 5.02 Å². The second-order valence-corrected chi connectivity index (χ2v) is 10.1. The first-order valence-corrected chi connectivity index (χ1v) is 11.4. The molecule has 2 saturated heterocycles. The molecule has 30 heavy (non-hydrogen) atoms. The Morgan fingerprint density at radius 1 is 1.50 bits per heavy atom. The van der Waals surface area contributed by atoms with Crippen molar-refractivity contribution in [2.24, 2.45) is 7.05 Å². The number of anilines is 1. The largest absolute Gasteiger partial charge is 0.455 e. The van der Waals surface area contributed by atoms with Crippen LogP contribution in [-0.2, 0) is 23.1 Å². The van der Waals surface area contributed by atoms with Gasteiger partial charge in [0.1, 0.15) is 18.0 Å². The molecular formula is C17H17BrClIN6O4. The molecule has 0 bridgehead atoms. The number of nitrogens with one attached hydrogen (secondary N) is 2. The smallest absolute Gasteiger partial charge is 0.296 e. The summed E-state index contributed by atoms with van der Waals surface area (Å²) in [4.78, 5) is 12.0. The standard InChI is InChI=1S/C17H17BrClIN6O4/c1-26-4-7(18)10(25-26)3-21-14-8(19)2-9-15(23-14)24-16(22-9)30-12-6-28-13-11(27)5-29-17(12,13)20/h2,4,11-13,27H,3,5-6H2,1H3,(H2,21,22,23,24)/t11-,12-,13-,17-/m1/s1. The first kappa shape index (κ1) is 20.7. The summed E-state index contributed by atoms with van der Waals surface area (Å²) in [5.74, 6) is 0.497. The van der Waals surface area contributed by atoms with Crippen molar-refractivity contribution in [1.29, 1.82) is 0 Å². The van der Waals surface area contributed by atoms with Crippen molar-refractivity contribution in [1.82, 2.24) is 24.7 Å². The lowest BCUT2D eigenvalue weighted by molar-refractivity contribution is 0.00481. The Kier molecular flexibility index (Phi) is 5.34. The van der Waals surface area contributed by atoms with Crippen molar-refractivity contribution in [2.75, 3.05) is 18.5 Å². The van der Waals surface area contributed by atoms with E-state index in [9.17, 15) is 5.11 Å². The minimum absolute atomic E-state index is 0.214. The lowest BCUT2D eigenvalue weighted by Gasteiger charge is -2.25. The van der Waals surface area contributed by atoms with Gasteiger partial charge in [0.2, 0.25) is 0 Å². The van der Waals surface area contributed by atoms with Gasteiger partial charge in [-0.1, -0.05) is 11.6 Å². The molecule has 3 N–H and O–H groups in total. The number of alkyl halides is 1. The molecule has 5 heterocycles. The molecule has 0 amide bonds. The Hall–Kier alpha value is -1.19. The number of aryl methyl sites for hydroxylation is 1. The van der Waals surface area contributed by atoms with E-state index in [1.807, 2.05) is 13.2 Å². The van der Waals surface area contributed by atoms with Gasteiger partial charge < -0.3 is 29.6 Å². The topological polar surface area (TPSA) is 119 Å². The van der Waals surface area contributed by atoms with Gasteiger partial charge in [-0.3, -0.25) is 4.68 Å². The molecule has 5 rings (SSSR count). The van der Waals surface area contributed by atoms with Crippen molar-refractivity contribution in [3.63, 3.8) is 0 Å². The molecule has 0 unspecified atom stereocenters. The molecule has 2 aliphatic heterocycles. The van der Waals surface area contributed by atoms with Crippen molar-refractivity contribution in [3.05, 3.63) is 27.5 Å². The highest BCUT2D eigenvalue weighted by Gasteiger charge is 2.60. The molecule has 160 valence electrons. The third kappa shape index (κ3) is 3.56. The highest BCUT2D eigenvalue weighted by molar-refractivity contribution is 14.1. The fourth-order valence-electron chi connectivity index (χ4n) is 3.57. The van der Waals surface area contributed by atoms with Crippen LogP contribution in [0, 0.1) is 0 Å². The summed E-state index contributed by atoms with van der Waals surface area (Å²) < 4.78 is 19.3. The Balaban J connectivity index is 1.34. The van der Waals surface area contributed by atoms with Crippen LogP contribution >= 0.6 is 50.1 Å². The van der Waals surface area contributed by atoms with Crippen LogP contribution in [0.3, 0.4) is 0 Å². The average molecular weight is 612 g/mol. The first-order chi connectivity index (χ1) is 14.3. The van der Waals surface area contributed by atoms with Crippen molar-refractivity contribution >= 4 is 67.1 Å². The molecule has 3 aromatic heterocycles. The number of pyridine rings is 1. The molecule has 2 aliphatic rings. The van der Waals surface area contributed by atoms with Crippen LogP contribution in [0.1, 0.15) is 5.69 Å². The van der Waals surface area contributed by atoms with E-state index in [1.165, 1.54) is 0 Å². The predicted molar refractivity (Wildman–Crippen MR) is 120 cm³/mol. The number of aromatic nitrogens is 5. The van der Waals surface area contributed by atoms with Crippen molar-refractivity contribution < 1.29 is 19.3 Å². The molecule has 10 nitrogen and oxygen atoms in total. The maximum absolute atomic E-state index is 10.0. The maximum Gasteiger partial charge on any atom is 0.296 e. The summed E-state index contributed by atoms with van der Waals surface area (Å²) in [5.41, 5.74) is 1.94. The third-order valence-corrected chi connectivity index (χ3v) is 7.59. The Labute approximate surface area is 197 Å². The highest BCUT2D eigenvalue weighted by atomic mass is 127. The number of rotatable bonds is 5. The maximum atomic E-state index is 10.0. The molecule has 0 aliphatic carbocycles. The van der Waals surface area contributed by atoms with E-state index in [0.717, 1.165) is 10.2 Å². The third-order valence-electron chi connectivity index (χ3n) is 5.02. The minimum Gasteiger partial charge on any atom is -0.455 e. The fourth-order valence-corrected chi connectivity index (χ4v) is 5.38. The average Bonchev–Trinajstić information content (AvgIpc) is 3.39. The van der Waals surface area contributed by atoms with Crippen LogP contribution in [0.15, 0.2) is 16.7 Å². The Bertz CT molecular complexity index is 1110. The zero-order valence-corrected chi connectivity index (χ0v) is 20.1. The van der Waals surface area contributed by atoms with Gasteiger partial charge in [0.15, 0.2) is 15.4 Å². The van der Waals surface area contributed by atoms with Crippen LogP contribution < -0.4 is 10.1 Å². The second-order valence-electron chi connectivity index (χ2n) is 7.12. The molecule has 0 aromatic carbocycles. The molecule has 0 radical (unpaired) electrons.